The summed E-state index contributed by atoms with van der Waals surface area (Å²) in [5.41, 5.74) is 0. The number of nitrogens with zero attached hydrogens (tertiary/aromatic N) is 1. The molecule has 116 valence electrons. The average Bonchev–Trinajstić information content (AvgIpc) is 3.00. The maximum Gasteiger partial charge on any atom is 0.0195 e. The predicted octanol–water partition coefficient (Wildman–Crippen LogP) is 3.81. The summed E-state index contributed by atoms with van der Waals surface area (Å²) in [7, 11) is 0. The zero-order valence-electron chi connectivity index (χ0n) is 13.3. The molecule has 0 aromatic heterocycles. The lowest BCUT2D eigenvalue weighted by Crippen LogP contribution is -2.48. The van der Waals surface area contributed by atoms with E-state index in [4.69, 9.17) is 0 Å². The van der Waals surface area contributed by atoms with E-state index in [9.17, 15) is 0 Å². The summed E-state index contributed by atoms with van der Waals surface area (Å²) in [5, 5.41) is 3.89. The minimum absolute atomic E-state index is 0.785. The van der Waals surface area contributed by atoms with Crippen molar-refractivity contribution >= 4 is 0 Å². The Bertz CT molecular complexity index is 267. The molecular weight excluding hydrogens is 244 g/mol. The van der Waals surface area contributed by atoms with Gasteiger partial charge in [0.1, 0.15) is 0 Å². The Kier molecular flexibility index (Phi) is 5.78. The first-order valence-corrected chi connectivity index (χ1v) is 9.36. The van der Waals surface area contributed by atoms with Crippen molar-refractivity contribution in [3.05, 3.63) is 0 Å². The van der Waals surface area contributed by atoms with E-state index >= 15 is 0 Å². The van der Waals surface area contributed by atoms with Crippen LogP contribution < -0.4 is 5.32 Å². The van der Waals surface area contributed by atoms with E-state index in [1.165, 1.54) is 96.8 Å². The fraction of sp³-hybridized carbons (Fsp3) is 1.00. The fourth-order valence-electron chi connectivity index (χ4n) is 4.67. The van der Waals surface area contributed by atoms with Crippen molar-refractivity contribution in [2.75, 3.05) is 26.2 Å². The smallest absolute Gasteiger partial charge is 0.0195 e. The first-order chi connectivity index (χ1) is 9.90. The molecule has 0 aromatic rings. The summed E-state index contributed by atoms with van der Waals surface area (Å²) < 4.78 is 0. The zero-order valence-corrected chi connectivity index (χ0v) is 13.3. The first-order valence-electron chi connectivity index (χ1n) is 9.36. The second kappa shape index (κ2) is 7.79. The van der Waals surface area contributed by atoms with Crippen molar-refractivity contribution < 1.29 is 0 Å². The number of likely N-dealkylation sites (tertiary alicyclic amines) is 1. The molecule has 1 N–H and O–H groups in total. The van der Waals surface area contributed by atoms with E-state index in [1.54, 1.807) is 0 Å². The van der Waals surface area contributed by atoms with Gasteiger partial charge in [-0.3, -0.25) is 0 Å². The topological polar surface area (TPSA) is 15.3 Å². The molecule has 1 aliphatic heterocycles. The average molecular weight is 278 g/mol. The van der Waals surface area contributed by atoms with Crippen LogP contribution in [0.5, 0.6) is 0 Å². The third kappa shape index (κ3) is 4.46. The third-order valence-electron chi connectivity index (χ3n) is 5.92. The molecule has 3 fully saturated rings. The quantitative estimate of drug-likeness (QED) is 0.822. The molecule has 1 atom stereocenters. The molecule has 0 aromatic carbocycles. The normalized spacial score (nSPS) is 30.9. The van der Waals surface area contributed by atoms with Gasteiger partial charge in [0, 0.05) is 19.1 Å². The van der Waals surface area contributed by atoms with Crippen LogP contribution in [0.2, 0.25) is 0 Å². The van der Waals surface area contributed by atoms with Crippen LogP contribution in [0.4, 0.5) is 0 Å². The molecule has 0 radical (unpaired) electrons. The summed E-state index contributed by atoms with van der Waals surface area (Å²) in [6.45, 7) is 5.37. The molecule has 3 aliphatic rings. The van der Waals surface area contributed by atoms with Crippen molar-refractivity contribution in [2.45, 2.75) is 76.7 Å². The molecule has 2 heteroatoms. The van der Waals surface area contributed by atoms with Crippen LogP contribution >= 0.6 is 0 Å². The van der Waals surface area contributed by atoms with Gasteiger partial charge in [-0.1, -0.05) is 32.1 Å². The molecule has 0 bridgehead atoms. The lowest BCUT2D eigenvalue weighted by molar-refractivity contribution is 0.148. The van der Waals surface area contributed by atoms with Gasteiger partial charge in [-0.05, 0) is 63.5 Å². The van der Waals surface area contributed by atoms with Crippen molar-refractivity contribution in [3.8, 4) is 0 Å². The fourth-order valence-corrected chi connectivity index (χ4v) is 4.67. The van der Waals surface area contributed by atoms with Gasteiger partial charge in [0.2, 0.25) is 0 Å². The summed E-state index contributed by atoms with van der Waals surface area (Å²) in [6, 6.07) is 0.785. The molecular formula is C18H34N2. The molecule has 1 heterocycles. The Morgan fingerprint density at radius 1 is 0.750 bits per heavy atom. The van der Waals surface area contributed by atoms with E-state index in [2.05, 4.69) is 10.2 Å². The van der Waals surface area contributed by atoms with Crippen LogP contribution in [0.3, 0.4) is 0 Å². The van der Waals surface area contributed by atoms with Gasteiger partial charge in [-0.25, -0.2) is 0 Å². The second-order valence-electron chi connectivity index (χ2n) is 7.66. The van der Waals surface area contributed by atoms with Crippen LogP contribution in [0, 0.1) is 11.8 Å². The van der Waals surface area contributed by atoms with E-state index in [0.717, 1.165) is 17.9 Å². The van der Waals surface area contributed by atoms with Crippen molar-refractivity contribution in [1.82, 2.24) is 10.2 Å². The molecule has 20 heavy (non-hydrogen) atoms. The molecule has 2 nitrogen and oxygen atoms in total. The van der Waals surface area contributed by atoms with E-state index in [0.29, 0.717) is 0 Å². The van der Waals surface area contributed by atoms with Gasteiger partial charge in [0.25, 0.3) is 0 Å². The third-order valence-corrected chi connectivity index (χ3v) is 5.92. The largest absolute Gasteiger partial charge is 0.312 e. The van der Waals surface area contributed by atoms with Gasteiger partial charge in [0.15, 0.2) is 0 Å². The molecule has 2 aliphatic carbocycles. The van der Waals surface area contributed by atoms with Crippen molar-refractivity contribution in [1.29, 1.82) is 0 Å². The second-order valence-corrected chi connectivity index (χ2v) is 7.66. The molecule has 0 spiro atoms. The lowest BCUT2D eigenvalue weighted by atomic mass is 9.88. The Balaban J connectivity index is 1.36. The van der Waals surface area contributed by atoms with Gasteiger partial charge in [0.05, 0.1) is 0 Å². The van der Waals surface area contributed by atoms with E-state index in [1.807, 2.05) is 0 Å². The summed E-state index contributed by atoms with van der Waals surface area (Å²) in [4.78, 5) is 2.77. The van der Waals surface area contributed by atoms with Crippen LogP contribution in [0.1, 0.15) is 70.6 Å². The number of nitrogens with one attached hydrogen (secondary N) is 1. The molecule has 0 amide bonds. The standard InChI is InChI=1S/C18H34N2/c1-2-9-17(10-3-1)14-20-12-6-11-18(15-20)19-13-16-7-4-5-8-16/h16-19H,1-15H2. The van der Waals surface area contributed by atoms with Crippen LogP contribution in [-0.4, -0.2) is 37.1 Å². The molecule has 3 rings (SSSR count). The van der Waals surface area contributed by atoms with E-state index < -0.39 is 0 Å². The lowest BCUT2D eigenvalue weighted by Gasteiger charge is -2.36. The Morgan fingerprint density at radius 3 is 2.25 bits per heavy atom. The van der Waals surface area contributed by atoms with Crippen LogP contribution in [0.15, 0.2) is 0 Å². The Labute approximate surface area is 125 Å². The number of piperidine rings is 1. The highest BCUT2D eigenvalue weighted by Crippen LogP contribution is 2.26. The minimum atomic E-state index is 0.785. The minimum Gasteiger partial charge on any atom is -0.312 e. The van der Waals surface area contributed by atoms with Gasteiger partial charge < -0.3 is 10.2 Å². The summed E-state index contributed by atoms with van der Waals surface area (Å²) in [6.07, 6.45) is 16.2. The monoisotopic (exact) mass is 278 g/mol. The van der Waals surface area contributed by atoms with Crippen molar-refractivity contribution in [3.63, 3.8) is 0 Å². The highest BCUT2D eigenvalue weighted by atomic mass is 15.2. The maximum atomic E-state index is 3.89. The van der Waals surface area contributed by atoms with Crippen molar-refractivity contribution in [2.24, 2.45) is 11.8 Å². The predicted molar refractivity (Wildman–Crippen MR) is 86.0 cm³/mol. The zero-order chi connectivity index (χ0) is 13.6. The SMILES string of the molecule is C1CCC(CN2CCCC(NCC3CCCC3)C2)CC1. The summed E-state index contributed by atoms with van der Waals surface area (Å²) in [5.74, 6) is 2.00. The highest BCUT2D eigenvalue weighted by molar-refractivity contribution is 4.82. The number of hydrogen-bond acceptors (Lipinski definition) is 2. The van der Waals surface area contributed by atoms with E-state index in [-0.39, 0.29) is 0 Å². The van der Waals surface area contributed by atoms with Gasteiger partial charge in [-0.15, -0.1) is 0 Å². The molecule has 1 saturated heterocycles. The highest BCUT2D eigenvalue weighted by Gasteiger charge is 2.24. The Morgan fingerprint density at radius 2 is 1.45 bits per heavy atom. The first kappa shape index (κ1) is 14.8. The van der Waals surface area contributed by atoms with Crippen LogP contribution in [-0.2, 0) is 0 Å². The number of hydrogen-bond donors (Lipinski definition) is 1. The Hall–Kier alpha value is -0.0800. The summed E-state index contributed by atoms with van der Waals surface area (Å²) >= 11 is 0. The van der Waals surface area contributed by atoms with Gasteiger partial charge >= 0.3 is 0 Å². The van der Waals surface area contributed by atoms with Gasteiger partial charge in [-0.2, -0.15) is 0 Å². The maximum absolute atomic E-state index is 3.89. The molecule has 2 saturated carbocycles. The van der Waals surface area contributed by atoms with Crippen LogP contribution in [0.25, 0.3) is 0 Å². The molecule has 1 unspecified atom stereocenters. The number of rotatable bonds is 5.